The maximum atomic E-state index is 12.4. The highest BCUT2D eigenvalue weighted by Gasteiger charge is 2.23. The van der Waals surface area contributed by atoms with Crippen LogP contribution in [0.4, 0.5) is 5.13 Å². The van der Waals surface area contributed by atoms with E-state index < -0.39 is 10.0 Å². The third kappa shape index (κ3) is 5.20. The van der Waals surface area contributed by atoms with Gasteiger partial charge < -0.3 is 4.90 Å². The van der Waals surface area contributed by atoms with Crippen LogP contribution in [0.25, 0.3) is 0 Å². The van der Waals surface area contributed by atoms with E-state index in [0.717, 1.165) is 43.3 Å². The molecule has 0 saturated carbocycles. The molecule has 0 amide bonds. The molecule has 152 valence electrons. The molecule has 1 aromatic heterocycles. The highest BCUT2D eigenvalue weighted by atomic mass is 32.2. The molecular weight excluding hydrogens is 404 g/mol. The van der Waals surface area contributed by atoms with E-state index in [-0.39, 0.29) is 0 Å². The van der Waals surface area contributed by atoms with Gasteiger partial charge in [0.05, 0.1) is 4.90 Å². The van der Waals surface area contributed by atoms with Gasteiger partial charge in [0.15, 0.2) is 0 Å². The smallest absolute Gasteiger partial charge is 0.240 e. The Hall–Kier alpha value is -2.29. The minimum Gasteiger partial charge on any atom is -0.347 e. The number of benzene rings is 2. The SMILES string of the molecule is O=S(=O)(NCC1CCN(c2nc(Cc3ccccc3)ns2)CC1)c1ccccc1. The fourth-order valence-corrected chi connectivity index (χ4v) is 5.34. The maximum absolute atomic E-state index is 12.4. The molecule has 0 radical (unpaired) electrons. The number of anilines is 1. The average Bonchev–Trinajstić information content (AvgIpc) is 3.22. The van der Waals surface area contributed by atoms with Gasteiger partial charge in [-0.3, -0.25) is 0 Å². The maximum Gasteiger partial charge on any atom is 0.240 e. The fourth-order valence-electron chi connectivity index (χ4n) is 3.46. The summed E-state index contributed by atoms with van der Waals surface area (Å²) >= 11 is 1.44. The van der Waals surface area contributed by atoms with Crippen molar-refractivity contribution in [2.45, 2.75) is 24.2 Å². The molecule has 29 heavy (non-hydrogen) atoms. The number of sulfonamides is 1. The third-order valence-electron chi connectivity index (χ3n) is 5.16. The third-order valence-corrected chi connectivity index (χ3v) is 7.42. The van der Waals surface area contributed by atoms with Crippen molar-refractivity contribution in [3.05, 3.63) is 72.1 Å². The van der Waals surface area contributed by atoms with E-state index in [2.05, 4.69) is 26.1 Å². The molecule has 0 unspecified atom stereocenters. The summed E-state index contributed by atoms with van der Waals surface area (Å²) in [5.74, 6) is 1.19. The van der Waals surface area contributed by atoms with Crippen molar-refractivity contribution in [3.8, 4) is 0 Å². The van der Waals surface area contributed by atoms with Crippen molar-refractivity contribution in [3.63, 3.8) is 0 Å². The standard InChI is InChI=1S/C21H24N4O2S2/c26-29(27,19-9-5-2-6-10-19)22-16-18-11-13-25(14-12-18)21-23-20(24-28-21)15-17-7-3-1-4-8-17/h1-10,18,22H,11-16H2. The zero-order valence-corrected chi connectivity index (χ0v) is 17.7. The second-order valence-electron chi connectivity index (χ2n) is 7.25. The molecule has 2 aromatic carbocycles. The Bertz CT molecular complexity index is 1020. The number of hydrogen-bond donors (Lipinski definition) is 1. The Kier molecular flexibility index (Phi) is 6.22. The van der Waals surface area contributed by atoms with E-state index in [1.165, 1.54) is 17.1 Å². The van der Waals surface area contributed by atoms with Crippen LogP contribution in [0.3, 0.4) is 0 Å². The summed E-state index contributed by atoms with van der Waals surface area (Å²) in [7, 11) is -3.44. The predicted molar refractivity (Wildman–Crippen MR) is 116 cm³/mol. The van der Waals surface area contributed by atoms with Crippen LogP contribution < -0.4 is 9.62 Å². The van der Waals surface area contributed by atoms with E-state index in [1.807, 2.05) is 24.3 Å². The van der Waals surface area contributed by atoms with Crippen LogP contribution in [0.2, 0.25) is 0 Å². The lowest BCUT2D eigenvalue weighted by Gasteiger charge is -2.31. The summed E-state index contributed by atoms with van der Waals surface area (Å²) < 4.78 is 32.0. The Morgan fingerprint density at radius 2 is 1.66 bits per heavy atom. The van der Waals surface area contributed by atoms with E-state index in [9.17, 15) is 8.42 Å². The molecule has 1 aliphatic rings. The number of aromatic nitrogens is 2. The van der Waals surface area contributed by atoms with Crippen molar-refractivity contribution >= 4 is 26.7 Å². The van der Waals surface area contributed by atoms with Crippen LogP contribution in [0.1, 0.15) is 24.2 Å². The summed E-state index contributed by atoms with van der Waals surface area (Å²) in [6.45, 7) is 2.22. The minimum absolute atomic E-state index is 0.317. The zero-order valence-electron chi connectivity index (χ0n) is 16.1. The number of nitrogens with zero attached hydrogens (tertiary/aromatic N) is 3. The van der Waals surface area contributed by atoms with Crippen LogP contribution in [0.15, 0.2) is 65.6 Å². The normalized spacial score (nSPS) is 15.5. The predicted octanol–water partition coefficient (Wildman–Crippen LogP) is 3.32. The lowest BCUT2D eigenvalue weighted by molar-refractivity contribution is 0.401. The molecule has 0 bridgehead atoms. The summed E-state index contributed by atoms with van der Waals surface area (Å²) in [6, 6.07) is 18.8. The van der Waals surface area contributed by atoms with E-state index in [0.29, 0.717) is 17.4 Å². The molecule has 0 aliphatic carbocycles. The number of hydrogen-bond acceptors (Lipinski definition) is 6. The van der Waals surface area contributed by atoms with E-state index in [4.69, 9.17) is 4.98 Å². The van der Waals surface area contributed by atoms with Crippen LogP contribution in [0.5, 0.6) is 0 Å². The highest BCUT2D eigenvalue weighted by molar-refractivity contribution is 7.89. The number of piperidine rings is 1. The molecule has 1 saturated heterocycles. The summed E-state index contributed by atoms with van der Waals surface area (Å²) in [5.41, 5.74) is 1.21. The van der Waals surface area contributed by atoms with Gasteiger partial charge in [0.1, 0.15) is 5.82 Å². The second-order valence-corrected chi connectivity index (χ2v) is 9.75. The van der Waals surface area contributed by atoms with Crippen molar-refractivity contribution in [2.24, 2.45) is 5.92 Å². The monoisotopic (exact) mass is 428 g/mol. The van der Waals surface area contributed by atoms with Gasteiger partial charge in [0, 0.05) is 37.6 Å². The first-order chi connectivity index (χ1) is 14.1. The van der Waals surface area contributed by atoms with Gasteiger partial charge in [0.2, 0.25) is 15.2 Å². The number of nitrogens with one attached hydrogen (secondary N) is 1. The average molecular weight is 429 g/mol. The van der Waals surface area contributed by atoms with Gasteiger partial charge >= 0.3 is 0 Å². The lowest BCUT2D eigenvalue weighted by atomic mass is 9.97. The van der Waals surface area contributed by atoms with Gasteiger partial charge in [-0.05, 0) is 36.5 Å². The first kappa shape index (κ1) is 20.0. The molecule has 1 aliphatic heterocycles. The minimum atomic E-state index is -3.44. The van der Waals surface area contributed by atoms with Gasteiger partial charge in [0.25, 0.3) is 0 Å². The van der Waals surface area contributed by atoms with Crippen LogP contribution in [-0.2, 0) is 16.4 Å². The molecule has 6 nitrogen and oxygen atoms in total. The molecule has 8 heteroatoms. The van der Waals surface area contributed by atoms with Crippen molar-refractivity contribution in [1.82, 2.24) is 14.1 Å². The molecule has 0 atom stereocenters. The molecule has 1 fully saturated rings. The van der Waals surface area contributed by atoms with Crippen molar-refractivity contribution < 1.29 is 8.42 Å². The molecule has 1 N–H and O–H groups in total. The Labute approximate surface area is 175 Å². The van der Waals surface area contributed by atoms with Crippen molar-refractivity contribution in [2.75, 3.05) is 24.5 Å². The van der Waals surface area contributed by atoms with E-state index >= 15 is 0 Å². The largest absolute Gasteiger partial charge is 0.347 e. The topological polar surface area (TPSA) is 75.2 Å². The summed E-state index contributed by atoms with van der Waals surface area (Å²) in [5, 5.41) is 0.958. The van der Waals surface area contributed by atoms with Crippen LogP contribution in [-0.4, -0.2) is 37.4 Å². The van der Waals surface area contributed by atoms with Gasteiger partial charge in [-0.1, -0.05) is 48.5 Å². The molecule has 3 aromatic rings. The quantitative estimate of drug-likeness (QED) is 0.625. The Balaban J connectivity index is 1.28. The first-order valence-corrected chi connectivity index (χ1v) is 12.0. The van der Waals surface area contributed by atoms with Crippen LogP contribution >= 0.6 is 11.5 Å². The summed E-state index contributed by atoms with van der Waals surface area (Å²) in [6.07, 6.45) is 2.62. The van der Waals surface area contributed by atoms with E-state index in [1.54, 1.807) is 24.3 Å². The number of rotatable bonds is 7. The van der Waals surface area contributed by atoms with Gasteiger partial charge in [-0.2, -0.15) is 4.37 Å². The highest BCUT2D eigenvalue weighted by Crippen LogP contribution is 2.25. The van der Waals surface area contributed by atoms with Crippen molar-refractivity contribution in [1.29, 1.82) is 0 Å². The summed E-state index contributed by atoms with van der Waals surface area (Å²) in [4.78, 5) is 7.28. The Morgan fingerprint density at radius 1 is 1.00 bits per heavy atom. The fraction of sp³-hybridized carbons (Fsp3) is 0.333. The van der Waals surface area contributed by atoms with Gasteiger partial charge in [-0.25, -0.2) is 18.1 Å². The first-order valence-electron chi connectivity index (χ1n) is 9.76. The second kappa shape index (κ2) is 9.02. The van der Waals surface area contributed by atoms with Crippen LogP contribution in [0, 0.1) is 5.92 Å². The molecule has 0 spiro atoms. The lowest BCUT2D eigenvalue weighted by Crippen LogP contribution is -2.38. The Morgan fingerprint density at radius 3 is 2.34 bits per heavy atom. The molecule has 4 rings (SSSR count). The molecule has 2 heterocycles. The zero-order chi connectivity index (χ0) is 20.1. The molecular formula is C21H24N4O2S2. The van der Waals surface area contributed by atoms with Gasteiger partial charge in [-0.15, -0.1) is 0 Å².